The molecule has 1 aliphatic heterocycles. The van der Waals surface area contributed by atoms with Gasteiger partial charge >= 0.3 is 0 Å². The summed E-state index contributed by atoms with van der Waals surface area (Å²) >= 11 is 0. The van der Waals surface area contributed by atoms with E-state index in [9.17, 15) is 29.3 Å². The Bertz CT molecular complexity index is 1150. The Kier molecular flexibility index (Phi) is 6.40. The molecule has 2 fully saturated rings. The predicted octanol–water partition coefficient (Wildman–Crippen LogP) is 3.02. The molecule has 1 saturated carbocycles. The lowest BCUT2D eigenvalue weighted by Gasteiger charge is -2.30. The summed E-state index contributed by atoms with van der Waals surface area (Å²) < 4.78 is 5.15. The molecule has 34 heavy (non-hydrogen) atoms. The lowest BCUT2D eigenvalue weighted by atomic mass is 9.81. The molecule has 1 saturated heterocycles. The number of methoxy groups -OCH3 is 1. The van der Waals surface area contributed by atoms with E-state index in [0.29, 0.717) is 18.6 Å². The predicted molar refractivity (Wildman–Crippen MR) is 119 cm³/mol. The third-order valence-corrected chi connectivity index (χ3v) is 6.28. The maximum absolute atomic E-state index is 13.5. The molecule has 10 nitrogen and oxygen atoms in total. The maximum Gasteiger partial charge on any atom is 0.273 e. The van der Waals surface area contributed by atoms with Crippen LogP contribution in [0.4, 0.5) is 5.69 Å². The molecule has 0 bridgehead atoms. The fraction of sp³-hybridized carbons (Fsp3) is 0.333. The van der Waals surface area contributed by atoms with Crippen LogP contribution in [-0.2, 0) is 9.59 Å². The minimum Gasteiger partial charge on any atom is -0.497 e. The molecule has 4 rings (SSSR count). The van der Waals surface area contributed by atoms with Gasteiger partial charge in [0.25, 0.3) is 23.4 Å². The minimum absolute atomic E-state index is 0.108. The number of hydrogen-bond acceptors (Lipinski definition) is 7. The number of benzene rings is 2. The zero-order valence-corrected chi connectivity index (χ0v) is 18.5. The van der Waals surface area contributed by atoms with Crippen molar-refractivity contribution in [1.82, 2.24) is 10.0 Å². The van der Waals surface area contributed by atoms with Crippen LogP contribution in [0, 0.1) is 22.0 Å². The number of nitrogens with zero attached hydrogens (tertiary/aromatic N) is 3. The average molecular weight is 465 g/mol. The van der Waals surface area contributed by atoms with Gasteiger partial charge in [-0.25, -0.2) is 5.01 Å². The molecule has 176 valence electrons. The van der Waals surface area contributed by atoms with Gasteiger partial charge in [0.1, 0.15) is 12.3 Å². The number of carbonyl (C=O) groups is 4. The van der Waals surface area contributed by atoms with E-state index < -0.39 is 46.8 Å². The first-order chi connectivity index (χ1) is 16.3. The number of imide groups is 1. The third kappa shape index (κ3) is 4.26. The molecule has 0 spiro atoms. The number of amides is 3. The summed E-state index contributed by atoms with van der Waals surface area (Å²) in [5.74, 6) is -3.05. The standard InChI is InChI=1S/C24H23N3O7/c1-34-18-9-5-6-15(13-18)21(28)14-25(22(29)16-7-4-8-17(12-16)27(32)33)26-23(30)19-10-2-3-11-20(19)24(26)31/h4-9,12-13,19-20H,2-3,10-11,14H2,1H3. The van der Waals surface area contributed by atoms with Gasteiger partial charge in [-0.05, 0) is 31.0 Å². The van der Waals surface area contributed by atoms with Crippen LogP contribution in [0.3, 0.4) is 0 Å². The Labute approximate surface area is 195 Å². The smallest absolute Gasteiger partial charge is 0.273 e. The van der Waals surface area contributed by atoms with E-state index in [1.54, 1.807) is 12.1 Å². The van der Waals surface area contributed by atoms with E-state index in [1.807, 2.05) is 0 Å². The van der Waals surface area contributed by atoms with Crippen LogP contribution in [0.25, 0.3) is 0 Å². The van der Waals surface area contributed by atoms with Crippen LogP contribution in [-0.4, -0.2) is 52.1 Å². The zero-order valence-electron chi connectivity index (χ0n) is 18.5. The second-order valence-corrected chi connectivity index (χ2v) is 8.31. The van der Waals surface area contributed by atoms with E-state index in [0.717, 1.165) is 28.9 Å². The molecule has 2 aromatic carbocycles. The molecular formula is C24H23N3O7. The number of hydrazine groups is 1. The summed E-state index contributed by atoms with van der Waals surface area (Å²) in [6, 6.07) is 11.3. The van der Waals surface area contributed by atoms with E-state index in [-0.39, 0.29) is 16.8 Å². The number of non-ortho nitro benzene ring substituents is 1. The van der Waals surface area contributed by atoms with Gasteiger partial charge in [0.15, 0.2) is 5.78 Å². The summed E-state index contributed by atoms with van der Waals surface area (Å²) in [7, 11) is 1.45. The third-order valence-electron chi connectivity index (χ3n) is 6.28. The van der Waals surface area contributed by atoms with Crippen molar-refractivity contribution in [3.8, 4) is 5.75 Å². The van der Waals surface area contributed by atoms with Crippen molar-refractivity contribution in [2.75, 3.05) is 13.7 Å². The van der Waals surface area contributed by atoms with Crippen LogP contribution in [0.1, 0.15) is 46.4 Å². The fourth-order valence-electron chi connectivity index (χ4n) is 4.54. The van der Waals surface area contributed by atoms with Crippen LogP contribution in [0.15, 0.2) is 48.5 Å². The number of carbonyl (C=O) groups excluding carboxylic acids is 4. The molecule has 0 radical (unpaired) electrons. The average Bonchev–Trinajstić information content (AvgIpc) is 3.12. The molecule has 2 unspecified atom stereocenters. The number of ketones is 1. The largest absolute Gasteiger partial charge is 0.497 e. The number of ether oxygens (including phenoxy) is 1. The second-order valence-electron chi connectivity index (χ2n) is 8.31. The first-order valence-electron chi connectivity index (χ1n) is 10.9. The summed E-state index contributed by atoms with van der Waals surface area (Å²) in [6.45, 7) is -0.592. The summed E-state index contributed by atoms with van der Waals surface area (Å²) in [5, 5.41) is 12.8. The van der Waals surface area contributed by atoms with Gasteiger partial charge in [0.05, 0.1) is 23.9 Å². The number of rotatable bonds is 7. The Morgan fingerprint density at radius 3 is 2.26 bits per heavy atom. The van der Waals surface area contributed by atoms with E-state index in [1.165, 1.54) is 37.4 Å². The van der Waals surface area contributed by atoms with Crippen LogP contribution in [0.2, 0.25) is 0 Å². The van der Waals surface area contributed by atoms with Gasteiger partial charge in [0, 0.05) is 23.3 Å². The molecule has 2 aromatic rings. The van der Waals surface area contributed by atoms with Gasteiger partial charge in [0.2, 0.25) is 0 Å². The van der Waals surface area contributed by atoms with Crippen molar-refractivity contribution in [3.05, 3.63) is 69.8 Å². The van der Waals surface area contributed by atoms with Gasteiger partial charge in [-0.2, -0.15) is 5.01 Å². The monoisotopic (exact) mass is 465 g/mol. The fourth-order valence-corrected chi connectivity index (χ4v) is 4.54. The number of nitro benzene ring substituents is 1. The Balaban J connectivity index is 1.71. The van der Waals surface area contributed by atoms with E-state index in [4.69, 9.17) is 4.74 Å². The summed E-state index contributed by atoms with van der Waals surface area (Å²) in [6.07, 6.45) is 2.67. The normalized spacial score (nSPS) is 19.5. The van der Waals surface area contributed by atoms with Crippen molar-refractivity contribution in [3.63, 3.8) is 0 Å². The number of fused-ring (bicyclic) bond motifs is 1. The second kappa shape index (κ2) is 9.42. The summed E-state index contributed by atoms with van der Waals surface area (Å²) in [5.41, 5.74) is -0.200. The topological polar surface area (TPSA) is 127 Å². The zero-order chi connectivity index (χ0) is 24.4. The highest BCUT2D eigenvalue weighted by molar-refractivity contribution is 6.09. The van der Waals surface area contributed by atoms with E-state index in [2.05, 4.69) is 0 Å². The molecule has 3 amide bonds. The van der Waals surface area contributed by atoms with Gasteiger partial charge in [-0.3, -0.25) is 29.3 Å². The first-order valence-corrected chi connectivity index (χ1v) is 10.9. The van der Waals surface area contributed by atoms with Crippen molar-refractivity contribution < 1.29 is 28.8 Å². The molecule has 2 aliphatic rings. The highest BCUT2D eigenvalue weighted by atomic mass is 16.6. The van der Waals surface area contributed by atoms with Crippen molar-refractivity contribution >= 4 is 29.2 Å². The van der Waals surface area contributed by atoms with Gasteiger partial charge in [-0.1, -0.05) is 31.0 Å². The van der Waals surface area contributed by atoms with Crippen molar-refractivity contribution in [2.45, 2.75) is 25.7 Å². The maximum atomic E-state index is 13.5. The molecule has 0 aromatic heterocycles. The lowest BCUT2D eigenvalue weighted by Crippen LogP contribution is -2.52. The number of hydrogen-bond donors (Lipinski definition) is 0. The SMILES string of the molecule is COc1cccc(C(=O)CN(C(=O)c2cccc([N+](=O)[O-])c2)N2C(=O)C3CCCCC3C2=O)c1. The molecule has 1 aliphatic carbocycles. The minimum atomic E-state index is -0.847. The van der Waals surface area contributed by atoms with Gasteiger partial charge < -0.3 is 4.74 Å². The Morgan fingerprint density at radius 2 is 1.65 bits per heavy atom. The van der Waals surface area contributed by atoms with Crippen LogP contribution < -0.4 is 4.74 Å². The molecule has 1 heterocycles. The van der Waals surface area contributed by atoms with E-state index >= 15 is 0 Å². The molecule has 10 heteroatoms. The molecular weight excluding hydrogens is 442 g/mol. The molecule has 2 atom stereocenters. The first kappa shape index (κ1) is 23.1. The van der Waals surface area contributed by atoms with Crippen molar-refractivity contribution in [2.24, 2.45) is 11.8 Å². The van der Waals surface area contributed by atoms with Gasteiger partial charge in [-0.15, -0.1) is 0 Å². The highest BCUT2D eigenvalue weighted by Gasteiger charge is 2.51. The Hall–Kier alpha value is -4.08. The summed E-state index contributed by atoms with van der Waals surface area (Å²) in [4.78, 5) is 63.5. The number of Topliss-reactive ketones (excluding diaryl/α,β-unsaturated/α-hetero) is 1. The van der Waals surface area contributed by atoms with Crippen LogP contribution >= 0.6 is 0 Å². The highest BCUT2D eigenvalue weighted by Crippen LogP contribution is 2.39. The quantitative estimate of drug-likeness (QED) is 0.266. The molecule has 0 N–H and O–H groups in total. The number of nitro groups is 1. The van der Waals surface area contributed by atoms with Crippen molar-refractivity contribution in [1.29, 1.82) is 0 Å². The van der Waals surface area contributed by atoms with Crippen LogP contribution in [0.5, 0.6) is 5.75 Å². The Morgan fingerprint density at radius 1 is 1.03 bits per heavy atom. The lowest BCUT2D eigenvalue weighted by molar-refractivity contribution is -0.384.